The minimum absolute atomic E-state index is 0.00382. The Morgan fingerprint density at radius 2 is 2.12 bits per heavy atom. The molecule has 0 aliphatic heterocycles. The second-order valence-electron chi connectivity index (χ2n) is 6.09. The van der Waals surface area contributed by atoms with E-state index in [-0.39, 0.29) is 11.9 Å². The van der Waals surface area contributed by atoms with E-state index in [1.165, 1.54) is 17.5 Å². The predicted molar refractivity (Wildman–Crippen MR) is 89.6 cm³/mol. The van der Waals surface area contributed by atoms with Gasteiger partial charge in [0.1, 0.15) is 0 Å². The van der Waals surface area contributed by atoms with Crippen LogP contribution >= 0.6 is 0 Å². The predicted octanol–water partition coefficient (Wildman–Crippen LogP) is 3.33. The zero-order chi connectivity index (χ0) is 16.4. The first kappa shape index (κ1) is 14.8. The van der Waals surface area contributed by atoms with Crippen LogP contribution in [0.1, 0.15) is 46.3 Å². The highest BCUT2D eigenvalue weighted by molar-refractivity contribution is 5.91. The van der Waals surface area contributed by atoms with Gasteiger partial charge in [0.05, 0.1) is 25.0 Å². The van der Waals surface area contributed by atoms with Crippen LogP contribution in [0.2, 0.25) is 0 Å². The number of benzene rings is 1. The van der Waals surface area contributed by atoms with Gasteiger partial charge < -0.3 is 9.73 Å². The molecule has 4 rings (SSSR count). The van der Waals surface area contributed by atoms with E-state index in [0.717, 1.165) is 31.4 Å². The van der Waals surface area contributed by atoms with Crippen LogP contribution in [0.15, 0.2) is 59.3 Å². The molecule has 1 aliphatic carbocycles. The third-order valence-electron chi connectivity index (χ3n) is 4.49. The molecule has 0 bridgehead atoms. The fourth-order valence-corrected chi connectivity index (χ4v) is 3.30. The van der Waals surface area contributed by atoms with Crippen molar-refractivity contribution in [3.05, 3.63) is 77.5 Å². The van der Waals surface area contributed by atoms with Crippen molar-refractivity contribution in [1.29, 1.82) is 0 Å². The molecule has 5 nitrogen and oxygen atoms in total. The number of amides is 1. The monoisotopic (exact) mass is 321 g/mol. The van der Waals surface area contributed by atoms with Gasteiger partial charge in [-0.15, -0.1) is 0 Å². The van der Waals surface area contributed by atoms with Gasteiger partial charge in [-0.1, -0.05) is 30.3 Å². The maximum Gasteiger partial charge on any atom is 0.287 e. The second kappa shape index (κ2) is 6.35. The lowest BCUT2D eigenvalue weighted by Gasteiger charge is -2.24. The van der Waals surface area contributed by atoms with E-state index < -0.39 is 0 Å². The number of aromatic nitrogens is 2. The Labute approximate surface area is 140 Å². The average molecular weight is 321 g/mol. The van der Waals surface area contributed by atoms with Crippen molar-refractivity contribution in [1.82, 2.24) is 15.1 Å². The summed E-state index contributed by atoms with van der Waals surface area (Å²) in [6, 6.07) is 13.7. The molecular formula is C19H19N3O2. The summed E-state index contributed by atoms with van der Waals surface area (Å²) in [6.45, 7) is 0.759. The van der Waals surface area contributed by atoms with E-state index in [0.29, 0.717) is 5.76 Å². The third kappa shape index (κ3) is 2.85. The largest absolute Gasteiger partial charge is 0.459 e. The Balaban J connectivity index is 1.54. The molecule has 1 aliphatic rings. The number of carbonyl (C=O) groups is 1. The number of fused-ring (bicyclic) bond motifs is 1. The number of hydrogen-bond donors (Lipinski definition) is 1. The second-order valence-corrected chi connectivity index (χ2v) is 6.09. The number of rotatable bonds is 4. The summed E-state index contributed by atoms with van der Waals surface area (Å²) in [5.41, 5.74) is 3.57. The van der Waals surface area contributed by atoms with Crippen molar-refractivity contribution >= 4 is 5.91 Å². The van der Waals surface area contributed by atoms with E-state index in [4.69, 9.17) is 4.42 Å². The van der Waals surface area contributed by atoms with Crippen LogP contribution in [-0.4, -0.2) is 15.7 Å². The lowest BCUT2D eigenvalue weighted by atomic mass is 9.93. The van der Waals surface area contributed by atoms with Crippen molar-refractivity contribution in [3.63, 3.8) is 0 Å². The normalized spacial score (nSPS) is 16.6. The van der Waals surface area contributed by atoms with Gasteiger partial charge in [0.15, 0.2) is 5.76 Å². The summed E-state index contributed by atoms with van der Waals surface area (Å²) in [5.74, 6) is 0.174. The van der Waals surface area contributed by atoms with Gasteiger partial charge in [-0.05, 0) is 37.0 Å². The standard InChI is InChI=1S/C19H19N3O2/c23-19(18-10-5-11-24-18)21-16-8-4-9-17-15(16)12-20-22(17)13-14-6-2-1-3-7-14/h1-3,5-7,10-12,16H,4,8-9,13H2,(H,21,23)/t16-/m0/s1. The maximum absolute atomic E-state index is 12.2. The molecule has 3 aromatic rings. The first-order chi connectivity index (χ1) is 11.8. The van der Waals surface area contributed by atoms with Crippen molar-refractivity contribution in [2.24, 2.45) is 0 Å². The zero-order valence-electron chi connectivity index (χ0n) is 13.3. The van der Waals surface area contributed by atoms with Gasteiger partial charge >= 0.3 is 0 Å². The molecule has 5 heteroatoms. The minimum Gasteiger partial charge on any atom is -0.459 e. The lowest BCUT2D eigenvalue weighted by molar-refractivity contribution is 0.0904. The Kier molecular flexibility index (Phi) is 3.91. The molecule has 0 unspecified atom stereocenters. The van der Waals surface area contributed by atoms with Crippen molar-refractivity contribution < 1.29 is 9.21 Å². The molecule has 1 N–H and O–H groups in total. The number of nitrogens with zero attached hydrogens (tertiary/aromatic N) is 2. The fourth-order valence-electron chi connectivity index (χ4n) is 3.30. The van der Waals surface area contributed by atoms with E-state index in [1.54, 1.807) is 12.1 Å². The van der Waals surface area contributed by atoms with Gasteiger partial charge in [-0.3, -0.25) is 9.48 Å². The molecule has 1 atom stereocenters. The molecule has 0 fully saturated rings. The van der Waals surface area contributed by atoms with E-state index in [2.05, 4.69) is 27.2 Å². The summed E-state index contributed by atoms with van der Waals surface area (Å²) in [6.07, 6.45) is 6.37. The molecule has 0 saturated heterocycles. The Morgan fingerprint density at radius 3 is 2.92 bits per heavy atom. The highest BCUT2D eigenvalue weighted by Gasteiger charge is 2.26. The quantitative estimate of drug-likeness (QED) is 0.802. The topological polar surface area (TPSA) is 60.1 Å². The van der Waals surface area contributed by atoms with Gasteiger partial charge in [0.2, 0.25) is 0 Å². The SMILES string of the molecule is O=C(N[C@H]1CCCc2c1cnn2Cc1ccccc1)c1ccco1. The maximum atomic E-state index is 12.2. The summed E-state index contributed by atoms with van der Waals surface area (Å²) < 4.78 is 7.23. The van der Waals surface area contributed by atoms with Crippen LogP contribution in [0, 0.1) is 0 Å². The molecule has 0 spiro atoms. The Morgan fingerprint density at radius 1 is 1.25 bits per heavy atom. The smallest absolute Gasteiger partial charge is 0.287 e. The molecular weight excluding hydrogens is 302 g/mol. The third-order valence-corrected chi connectivity index (χ3v) is 4.49. The summed E-state index contributed by atoms with van der Waals surface area (Å²) in [5, 5.41) is 7.62. The molecule has 2 heterocycles. The van der Waals surface area contributed by atoms with Gasteiger partial charge in [-0.2, -0.15) is 5.10 Å². The molecule has 24 heavy (non-hydrogen) atoms. The molecule has 1 amide bonds. The number of nitrogens with one attached hydrogen (secondary N) is 1. The van der Waals surface area contributed by atoms with E-state index in [9.17, 15) is 4.79 Å². The summed E-state index contributed by atoms with van der Waals surface area (Å²) in [7, 11) is 0. The lowest BCUT2D eigenvalue weighted by Crippen LogP contribution is -2.30. The fraction of sp³-hybridized carbons (Fsp3) is 0.263. The molecule has 0 radical (unpaired) electrons. The summed E-state index contributed by atoms with van der Waals surface area (Å²) >= 11 is 0. The van der Waals surface area contributed by atoms with Gasteiger partial charge in [0, 0.05) is 11.3 Å². The molecule has 122 valence electrons. The number of carbonyl (C=O) groups excluding carboxylic acids is 1. The molecule has 0 saturated carbocycles. The van der Waals surface area contributed by atoms with Crippen LogP contribution in [0.5, 0.6) is 0 Å². The van der Waals surface area contributed by atoms with Crippen molar-refractivity contribution in [3.8, 4) is 0 Å². The van der Waals surface area contributed by atoms with Gasteiger partial charge in [0.25, 0.3) is 5.91 Å². The van der Waals surface area contributed by atoms with Crippen LogP contribution in [-0.2, 0) is 13.0 Å². The Bertz CT molecular complexity index is 822. The molecule has 1 aromatic carbocycles. The Hall–Kier alpha value is -2.82. The minimum atomic E-state index is -0.173. The first-order valence-electron chi connectivity index (χ1n) is 8.24. The van der Waals surface area contributed by atoms with Crippen LogP contribution in [0.3, 0.4) is 0 Å². The van der Waals surface area contributed by atoms with Crippen LogP contribution < -0.4 is 5.32 Å². The number of furan rings is 1. The highest BCUT2D eigenvalue weighted by atomic mass is 16.3. The molecule has 2 aromatic heterocycles. The van der Waals surface area contributed by atoms with Crippen LogP contribution in [0.4, 0.5) is 0 Å². The zero-order valence-corrected chi connectivity index (χ0v) is 13.3. The average Bonchev–Trinajstić information content (AvgIpc) is 3.27. The van der Waals surface area contributed by atoms with Crippen molar-refractivity contribution in [2.75, 3.05) is 0 Å². The van der Waals surface area contributed by atoms with E-state index in [1.807, 2.05) is 24.4 Å². The van der Waals surface area contributed by atoms with Gasteiger partial charge in [-0.25, -0.2) is 0 Å². The van der Waals surface area contributed by atoms with Crippen molar-refractivity contribution in [2.45, 2.75) is 31.8 Å². The summed E-state index contributed by atoms with van der Waals surface area (Å²) in [4.78, 5) is 12.2. The van der Waals surface area contributed by atoms with E-state index >= 15 is 0 Å². The van der Waals surface area contributed by atoms with Crippen LogP contribution in [0.25, 0.3) is 0 Å². The highest BCUT2D eigenvalue weighted by Crippen LogP contribution is 2.30. The number of hydrogen-bond acceptors (Lipinski definition) is 3. The first-order valence-corrected chi connectivity index (χ1v) is 8.24.